The van der Waals surface area contributed by atoms with Gasteiger partial charge in [0.05, 0.1) is 6.61 Å². The van der Waals surface area contributed by atoms with Crippen molar-refractivity contribution in [3.05, 3.63) is 54.0 Å². The molecule has 7 heteroatoms. The van der Waals surface area contributed by atoms with E-state index in [2.05, 4.69) is 5.32 Å². The Labute approximate surface area is 158 Å². The molecule has 0 saturated carbocycles. The first-order valence-electron chi connectivity index (χ1n) is 9.15. The molecule has 1 fully saturated rings. The molecule has 1 N–H and O–H groups in total. The molecule has 2 amide bonds. The van der Waals surface area contributed by atoms with E-state index >= 15 is 0 Å². The lowest BCUT2D eigenvalue weighted by molar-refractivity contribution is 0.0838. The molecule has 3 rings (SSSR count). The molecule has 0 aliphatic carbocycles. The molecule has 1 aliphatic heterocycles. The first-order chi connectivity index (χ1) is 13.2. The van der Waals surface area contributed by atoms with Crippen LogP contribution in [0.3, 0.4) is 0 Å². The van der Waals surface area contributed by atoms with Crippen LogP contribution in [0.15, 0.2) is 46.9 Å². The minimum atomic E-state index is -0.295. The van der Waals surface area contributed by atoms with E-state index in [9.17, 15) is 9.59 Å². The molecule has 0 spiro atoms. The van der Waals surface area contributed by atoms with Crippen LogP contribution in [-0.4, -0.2) is 42.6 Å². The summed E-state index contributed by atoms with van der Waals surface area (Å²) in [5, 5.41) is 2.96. The van der Waals surface area contributed by atoms with Gasteiger partial charge < -0.3 is 24.1 Å². The van der Waals surface area contributed by atoms with Crippen molar-refractivity contribution in [2.75, 3.05) is 19.7 Å². The van der Waals surface area contributed by atoms with Crippen molar-refractivity contribution in [2.45, 2.75) is 32.4 Å². The summed E-state index contributed by atoms with van der Waals surface area (Å²) in [5.74, 6) is 1.33. The zero-order chi connectivity index (χ0) is 19.1. The fraction of sp³-hybridized carbons (Fsp3) is 0.400. The summed E-state index contributed by atoms with van der Waals surface area (Å²) in [6, 6.07) is 12.8. The van der Waals surface area contributed by atoms with Gasteiger partial charge in [-0.2, -0.15) is 0 Å². The van der Waals surface area contributed by atoms with Crippen LogP contribution in [0, 0.1) is 0 Å². The molecule has 0 unspecified atom stereocenters. The number of carbonyl (C=O) groups is 2. The van der Waals surface area contributed by atoms with E-state index in [0.29, 0.717) is 38.3 Å². The van der Waals surface area contributed by atoms with Crippen molar-refractivity contribution >= 4 is 12.0 Å². The number of hydrogen-bond donors (Lipinski definition) is 1. The number of likely N-dealkylation sites (tertiary alicyclic amines) is 1. The van der Waals surface area contributed by atoms with E-state index in [1.165, 1.54) is 0 Å². The number of piperidine rings is 1. The van der Waals surface area contributed by atoms with E-state index in [1.807, 2.05) is 30.3 Å². The van der Waals surface area contributed by atoms with Gasteiger partial charge in [0, 0.05) is 19.1 Å². The Kier molecular flexibility index (Phi) is 6.35. The third-order valence-electron chi connectivity index (χ3n) is 4.37. The van der Waals surface area contributed by atoms with Gasteiger partial charge in [-0.1, -0.05) is 18.2 Å². The van der Waals surface area contributed by atoms with Gasteiger partial charge in [0.2, 0.25) is 0 Å². The number of ether oxygens (including phenoxy) is 2. The fourth-order valence-electron chi connectivity index (χ4n) is 2.93. The summed E-state index contributed by atoms with van der Waals surface area (Å²) < 4.78 is 16.2. The van der Waals surface area contributed by atoms with Crippen LogP contribution < -0.4 is 10.1 Å². The van der Waals surface area contributed by atoms with Gasteiger partial charge in [-0.3, -0.25) is 4.79 Å². The van der Waals surface area contributed by atoms with Crippen molar-refractivity contribution in [3.8, 4) is 5.75 Å². The summed E-state index contributed by atoms with van der Waals surface area (Å²) in [5.41, 5.74) is 0. The largest absolute Gasteiger partial charge is 0.486 e. The highest BCUT2D eigenvalue weighted by atomic mass is 16.6. The quantitative estimate of drug-likeness (QED) is 0.842. The molecule has 144 valence electrons. The SMILES string of the molecule is CCOC(=O)N1CCC(NC(=O)c2ccc(COc3ccccc3)o2)CC1. The second-order valence-electron chi connectivity index (χ2n) is 6.30. The zero-order valence-corrected chi connectivity index (χ0v) is 15.3. The Bertz CT molecular complexity index is 751. The normalized spacial score (nSPS) is 14.6. The van der Waals surface area contributed by atoms with E-state index in [-0.39, 0.29) is 30.4 Å². The lowest BCUT2D eigenvalue weighted by Gasteiger charge is -2.31. The van der Waals surface area contributed by atoms with E-state index in [1.54, 1.807) is 24.0 Å². The Morgan fingerprint density at radius 3 is 2.59 bits per heavy atom. The molecular weight excluding hydrogens is 348 g/mol. The predicted molar refractivity (Wildman–Crippen MR) is 98.6 cm³/mol. The maximum Gasteiger partial charge on any atom is 0.409 e. The fourth-order valence-corrected chi connectivity index (χ4v) is 2.93. The summed E-state index contributed by atoms with van der Waals surface area (Å²) in [4.78, 5) is 25.7. The summed E-state index contributed by atoms with van der Waals surface area (Å²) in [7, 11) is 0. The molecular formula is C20H24N2O5. The van der Waals surface area contributed by atoms with Crippen molar-refractivity contribution in [2.24, 2.45) is 0 Å². The van der Waals surface area contributed by atoms with Gasteiger partial charge in [-0.05, 0) is 44.0 Å². The van der Waals surface area contributed by atoms with Crippen LogP contribution >= 0.6 is 0 Å². The number of para-hydroxylation sites is 1. The number of furan rings is 1. The monoisotopic (exact) mass is 372 g/mol. The Morgan fingerprint density at radius 1 is 1.15 bits per heavy atom. The second kappa shape index (κ2) is 9.12. The smallest absolute Gasteiger partial charge is 0.409 e. The average molecular weight is 372 g/mol. The van der Waals surface area contributed by atoms with Crippen molar-refractivity contribution in [3.63, 3.8) is 0 Å². The number of carbonyl (C=O) groups excluding carboxylic acids is 2. The molecule has 0 atom stereocenters. The van der Waals surface area contributed by atoms with Gasteiger partial charge >= 0.3 is 6.09 Å². The number of amides is 2. The number of hydrogen-bond acceptors (Lipinski definition) is 5. The summed E-state index contributed by atoms with van der Waals surface area (Å²) in [6.45, 7) is 3.54. The van der Waals surface area contributed by atoms with Crippen LogP contribution in [0.5, 0.6) is 5.75 Å². The molecule has 27 heavy (non-hydrogen) atoms. The molecule has 0 radical (unpaired) electrons. The Balaban J connectivity index is 1.45. The van der Waals surface area contributed by atoms with Crippen molar-refractivity contribution in [1.82, 2.24) is 10.2 Å². The number of nitrogens with zero attached hydrogens (tertiary/aromatic N) is 1. The zero-order valence-electron chi connectivity index (χ0n) is 15.3. The summed E-state index contributed by atoms with van der Waals surface area (Å²) in [6.07, 6.45) is 1.08. The molecule has 2 aromatic rings. The van der Waals surface area contributed by atoms with Crippen LogP contribution in [0.4, 0.5) is 4.79 Å². The minimum absolute atomic E-state index is 0.0114. The number of benzene rings is 1. The van der Waals surface area contributed by atoms with Crippen LogP contribution in [0.25, 0.3) is 0 Å². The van der Waals surface area contributed by atoms with E-state index < -0.39 is 0 Å². The average Bonchev–Trinajstić information content (AvgIpc) is 3.17. The second-order valence-corrected chi connectivity index (χ2v) is 6.30. The van der Waals surface area contributed by atoms with Gasteiger partial charge in [0.1, 0.15) is 18.1 Å². The highest BCUT2D eigenvalue weighted by molar-refractivity contribution is 5.91. The molecule has 1 aromatic carbocycles. The lowest BCUT2D eigenvalue weighted by Crippen LogP contribution is -2.46. The molecule has 7 nitrogen and oxygen atoms in total. The minimum Gasteiger partial charge on any atom is -0.486 e. The van der Waals surface area contributed by atoms with Crippen LogP contribution in [-0.2, 0) is 11.3 Å². The number of nitrogens with one attached hydrogen (secondary N) is 1. The lowest BCUT2D eigenvalue weighted by atomic mass is 10.1. The van der Waals surface area contributed by atoms with Gasteiger partial charge in [0.25, 0.3) is 5.91 Å². The molecule has 2 heterocycles. The summed E-state index contributed by atoms with van der Waals surface area (Å²) >= 11 is 0. The molecule has 0 bridgehead atoms. The molecule has 1 saturated heterocycles. The third-order valence-corrected chi connectivity index (χ3v) is 4.37. The number of rotatable bonds is 6. The molecule has 1 aromatic heterocycles. The van der Waals surface area contributed by atoms with Crippen molar-refractivity contribution < 1.29 is 23.5 Å². The standard InChI is InChI=1S/C20H24N2O5/c1-2-25-20(24)22-12-10-15(11-13-22)21-19(23)18-9-8-17(27-18)14-26-16-6-4-3-5-7-16/h3-9,15H,2,10-14H2,1H3,(H,21,23). The van der Waals surface area contributed by atoms with E-state index in [0.717, 1.165) is 5.75 Å². The highest BCUT2D eigenvalue weighted by Gasteiger charge is 2.25. The first kappa shape index (κ1) is 18.8. The van der Waals surface area contributed by atoms with Gasteiger partial charge in [0.15, 0.2) is 5.76 Å². The maximum absolute atomic E-state index is 12.4. The van der Waals surface area contributed by atoms with Crippen LogP contribution in [0.2, 0.25) is 0 Å². The third kappa shape index (κ3) is 5.26. The van der Waals surface area contributed by atoms with E-state index in [4.69, 9.17) is 13.9 Å². The Hall–Kier alpha value is -2.96. The van der Waals surface area contributed by atoms with Crippen LogP contribution in [0.1, 0.15) is 36.1 Å². The maximum atomic E-state index is 12.4. The molecule has 1 aliphatic rings. The van der Waals surface area contributed by atoms with Crippen molar-refractivity contribution in [1.29, 1.82) is 0 Å². The Morgan fingerprint density at radius 2 is 1.89 bits per heavy atom. The van der Waals surface area contributed by atoms with Gasteiger partial charge in [-0.15, -0.1) is 0 Å². The van der Waals surface area contributed by atoms with Gasteiger partial charge in [-0.25, -0.2) is 4.79 Å². The first-order valence-corrected chi connectivity index (χ1v) is 9.15. The predicted octanol–water partition coefficient (Wildman–Crippen LogP) is 3.21. The topological polar surface area (TPSA) is 81.0 Å². The highest BCUT2D eigenvalue weighted by Crippen LogP contribution is 2.16.